The van der Waals surface area contributed by atoms with Crippen molar-refractivity contribution in [2.45, 2.75) is 223 Å². The number of nitrogen functional groups attached to an aromatic ring is 1. The molecule has 0 unspecified atom stereocenters. The summed E-state index contributed by atoms with van der Waals surface area (Å²) in [6, 6.07) is 12.6. The summed E-state index contributed by atoms with van der Waals surface area (Å²) in [5.74, 6) is 1.56. The molecule has 20 atom stereocenters. The molecule has 82 heavy (non-hydrogen) atoms. The van der Waals surface area contributed by atoms with Crippen molar-refractivity contribution in [1.29, 1.82) is 0 Å². The van der Waals surface area contributed by atoms with Crippen LogP contribution in [0.15, 0.2) is 59.7 Å². The highest BCUT2D eigenvalue weighted by Crippen LogP contribution is 2.84. The number of ketones is 2. The lowest BCUT2D eigenvalue weighted by Gasteiger charge is -2.77. The first-order valence-corrected chi connectivity index (χ1v) is 33.0. The number of carbonyl (C=O) groups is 2. The molecule has 13 aliphatic rings. The SMILES string of the molecule is CNCc1cc(O)cc([C@]23CC[C@@]45C[C@@]67[C@H](CO)CC[C@H]8CC[C@H](CO)C[C@@H]8[C@H](C[C@@H](O)[C@H]8O[C@]8(C)[C@@H]8CCC[C@H]8c8cc(N)cc(CC(C)C)c8)C8=C(CC[C@@H]6[C@]6(C)[C@H]2C=CC[C@](CCCC[C@@](C)(O)CN4)(C3=O)[C@H]56)[C@]7(C)CC8=O)c1. The summed E-state index contributed by atoms with van der Waals surface area (Å²) in [5, 5.41) is 68.4. The smallest absolute Gasteiger partial charge is 0.160 e. The maximum atomic E-state index is 16.8. The highest BCUT2D eigenvalue weighted by Gasteiger charge is 2.84. The Balaban J connectivity index is 0.956. The van der Waals surface area contributed by atoms with Crippen LogP contribution in [0.4, 0.5) is 5.69 Å². The van der Waals surface area contributed by atoms with Crippen molar-refractivity contribution < 1.29 is 39.9 Å². The Bertz CT molecular complexity index is 2920. The zero-order chi connectivity index (χ0) is 57.7. The third-order valence-electron chi connectivity index (χ3n) is 26.6. The second-order valence-electron chi connectivity index (χ2n) is 31.3. The number of aliphatic hydroxyl groups is 4. The minimum Gasteiger partial charge on any atom is -0.508 e. The Hall–Kier alpha value is -3.42. The van der Waals surface area contributed by atoms with Gasteiger partial charge in [-0.05, 0) is 258 Å². The number of allylic oxidation sites excluding steroid dienone is 4. The van der Waals surface area contributed by atoms with Crippen molar-refractivity contribution in [2.24, 2.45) is 80.8 Å². The Morgan fingerprint density at radius 3 is 2.44 bits per heavy atom. The van der Waals surface area contributed by atoms with Gasteiger partial charge in [0.05, 0.1) is 22.7 Å². The van der Waals surface area contributed by atoms with Crippen LogP contribution in [0, 0.1) is 80.8 Å². The monoisotopic (exact) mass is 1120 g/mol. The molecule has 9 N–H and O–H groups in total. The highest BCUT2D eigenvalue weighted by molar-refractivity contribution is 6.01. The van der Waals surface area contributed by atoms with E-state index in [0.29, 0.717) is 69.7 Å². The van der Waals surface area contributed by atoms with Gasteiger partial charge in [0.15, 0.2) is 11.6 Å². The van der Waals surface area contributed by atoms with E-state index in [9.17, 15) is 25.5 Å². The summed E-state index contributed by atoms with van der Waals surface area (Å²) in [4.78, 5) is 33.1. The topological polar surface area (TPSA) is 198 Å². The van der Waals surface area contributed by atoms with Gasteiger partial charge in [-0.15, -0.1) is 0 Å². The number of anilines is 1. The fourth-order valence-corrected chi connectivity index (χ4v) is 23.9. The van der Waals surface area contributed by atoms with Crippen molar-refractivity contribution in [3.05, 3.63) is 82.0 Å². The molecular formula is C71H101N3O8. The lowest BCUT2D eigenvalue weighted by Crippen LogP contribution is -2.79. The van der Waals surface area contributed by atoms with Gasteiger partial charge in [-0.3, -0.25) is 9.59 Å². The number of aliphatic hydroxyl groups excluding tert-OH is 3. The van der Waals surface area contributed by atoms with Gasteiger partial charge in [-0.25, -0.2) is 0 Å². The van der Waals surface area contributed by atoms with E-state index in [0.717, 1.165) is 112 Å². The zero-order valence-corrected chi connectivity index (χ0v) is 50.8. The van der Waals surface area contributed by atoms with Crippen LogP contribution in [0.1, 0.15) is 198 Å². The van der Waals surface area contributed by atoms with Gasteiger partial charge in [0.1, 0.15) is 11.9 Å². The number of epoxide rings is 1. The number of Topliss-reactive ketones (excluding diaryl/α,β-unsaturated/α-hetero) is 2. The standard InChI is InChI=1S/C71H101N3O8/c1-41(2)26-43-27-46(32-49(72)29-43)51-12-10-13-54(51)67(6)61(82-67)56(78)34-53-52-31-42(37-75)15-16-45(52)17-18-47(38-76)71-39-69-24-25-70(48-28-44(36-73-7)30-50(77)33-48)58-14-11-23-68(63(70)80,22-9-8-21-64(3,81)40-74-69)62(69)66(58,5)59(71)20-19-55-60(53)57(79)35-65(55,71)4/h11,14,27-30,32-33,41-42,45,47,51-54,56,58-59,61-62,73-78,81H,8-10,12-13,15-26,31,34-40,72H2,1-7H3/t42-,45+,47-,51-,52-,53-,54+,56+,58+,59+,61+,62+,64+,65-,66-,67+,68-,69-,70+,71+/m0/s1. The Labute approximate surface area is 489 Å². The molecule has 11 nitrogen and oxygen atoms in total. The van der Waals surface area contributed by atoms with Gasteiger partial charge in [0.2, 0.25) is 0 Å². The molecule has 7 saturated carbocycles. The minimum atomic E-state index is -0.982. The maximum Gasteiger partial charge on any atom is 0.160 e. The van der Waals surface area contributed by atoms with Gasteiger partial charge < -0.3 is 46.6 Å². The van der Waals surface area contributed by atoms with Crippen molar-refractivity contribution >= 4 is 17.3 Å². The minimum absolute atomic E-state index is 0.000261. The Kier molecular flexibility index (Phi) is 14.3. The van der Waals surface area contributed by atoms with Crippen LogP contribution in [-0.4, -0.2) is 92.9 Å². The third kappa shape index (κ3) is 8.30. The average molecular weight is 1120 g/mol. The number of aromatic hydroxyl groups is 1. The second kappa shape index (κ2) is 20.3. The molecule has 11 heteroatoms. The number of carbonyl (C=O) groups excluding carboxylic acids is 2. The molecular weight excluding hydrogens is 1020 g/mol. The van der Waals surface area contributed by atoms with Gasteiger partial charge in [0.25, 0.3) is 0 Å². The summed E-state index contributed by atoms with van der Waals surface area (Å²) < 4.78 is 6.92. The molecule has 448 valence electrons. The van der Waals surface area contributed by atoms with Crippen LogP contribution in [0.5, 0.6) is 5.75 Å². The average Bonchev–Trinajstić information content (AvgIpc) is 1.45. The summed E-state index contributed by atoms with van der Waals surface area (Å²) in [5.41, 5.74) is 8.52. The molecule has 2 aliphatic heterocycles. The molecule has 0 amide bonds. The van der Waals surface area contributed by atoms with Crippen molar-refractivity contribution in [3.8, 4) is 5.75 Å². The molecule has 2 saturated heterocycles. The maximum absolute atomic E-state index is 16.8. The number of phenolic OH excluding ortho intramolecular Hbond substituents is 1. The lowest BCUT2D eigenvalue weighted by atomic mass is 9.27. The van der Waals surface area contributed by atoms with Gasteiger partial charge in [-0.1, -0.05) is 76.8 Å². The largest absolute Gasteiger partial charge is 0.508 e. The van der Waals surface area contributed by atoms with Crippen LogP contribution in [0.25, 0.3) is 0 Å². The van der Waals surface area contributed by atoms with Crippen molar-refractivity contribution in [1.82, 2.24) is 10.6 Å². The molecule has 2 heterocycles. The van der Waals surface area contributed by atoms with Gasteiger partial charge >= 0.3 is 0 Å². The summed E-state index contributed by atoms with van der Waals surface area (Å²) in [6.07, 6.45) is 20.2. The third-order valence-corrected chi connectivity index (χ3v) is 26.6. The Morgan fingerprint density at radius 2 is 1.67 bits per heavy atom. The number of nitrogens with one attached hydrogen (secondary N) is 2. The van der Waals surface area contributed by atoms with Crippen molar-refractivity contribution in [2.75, 3.05) is 32.5 Å². The lowest BCUT2D eigenvalue weighted by molar-refractivity contribution is -0.255. The summed E-state index contributed by atoms with van der Waals surface area (Å²) in [6.45, 7) is 14.8. The van der Waals surface area contributed by atoms with E-state index < -0.39 is 49.9 Å². The number of benzene rings is 2. The number of fused-ring (bicyclic) bond motifs is 3. The number of rotatable bonds is 12. The van der Waals surface area contributed by atoms with Crippen molar-refractivity contribution in [3.63, 3.8) is 0 Å². The van der Waals surface area contributed by atoms with E-state index in [1.54, 1.807) is 0 Å². The Morgan fingerprint density at radius 1 is 0.878 bits per heavy atom. The van der Waals surface area contributed by atoms with Gasteiger partial charge in [-0.2, -0.15) is 0 Å². The summed E-state index contributed by atoms with van der Waals surface area (Å²) in [7, 11) is 1.92. The second-order valence-corrected chi connectivity index (χ2v) is 31.3. The van der Waals surface area contributed by atoms with Crippen LogP contribution >= 0.6 is 0 Å². The van der Waals surface area contributed by atoms with Gasteiger partial charge in [0, 0.05) is 54.8 Å². The summed E-state index contributed by atoms with van der Waals surface area (Å²) >= 11 is 0. The first-order chi connectivity index (χ1) is 39.1. The number of hydrogen-bond acceptors (Lipinski definition) is 11. The first-order valence-electron chi connectivity index (χ1n) is 33.0. The molecule has 10 bridgehead atoms. The number of ether oxygens (including phenoxy) is 1. The van der Waals surface area contributed by atoms with E-state index >= 15 is 9.59 Å². The normalized spacial score (nSPS) is 46.1. The molecule has 2 spiro atoms. The number of phenols is 1. The molecule has 0 aromatic heterocycles. The number of hydrogen-bond donors (Lipinski definition) is 8. The predicted molar refractivity (Wildman–Crippen MR) is 321 cm³/mol. The van der Waals surface area contributed by atoms with Crippen LogP contribution in [0.3, 0.4) is 0 Å². The molecule has 9 fully saturated rings. The number of nitrogens with two attached hydrogens (primary N) is 1. The predicted octanol–water partition coefficient (Wildman–Crippen LogP) is 11.0. The zero-order valence-electron chi connectivity index (χ0n) is 50.8. The van der Waals surface area contributed by atoms with Crippen LogP contribution < -0.4 is 16.4 Å². The van der Waals surface area contributed by atoms with E-state index in [-0.39, 0.29) is 90.0 Å². The van der Waals surface area contributed by atoms with Crippen LogP contribution in [0.2, 0.25) is 0 Å². The highest BCUT2D eigenvalue weighted by atomic mass is 16.6. The van der Waals surface area contributed by atoms with E-state index in [1.165, 1.54) is 16.7 Å². The molecule has 11 aliphatic carbocycles. The molecule has 0 radical (unpaired) electrons. The fourth-order valence-electron chi connectivity index (χ4n) is 23.9. The fraction of sp³-hybridized carbons (Fsp3) is 0.746. The quantitative estimate of drug-likeness (QED) is 0.0572. The molecule has 2 aromatic rings. The number of β-amino-alcohol motifs (C(OH)–C–C–N with tert-alkyl or cyclic N) is 1. The molecule has 15 rings (SSSR count). The van der Waals surface area contributed by atoms with E-state index in [4.69, 9.17) is 10.5 Å². The first kappa shape index (κ1) is 57.6. The van der Waals surface area contributed by atoms with E-state index in [2.05, 4.69) is 81.7 Å². The van der Waals surface area contributed by atoms with Crippen LogP contribution in [-0.2, 0) is 32.7 Å². The molecule has 2 aromatic carbocycles. The van der Waals surface area contributed by atoms with E-state index in [1.807, 2.05) is 26.1 Å².